The molecule has 0 aliphatic heterocycles. The van der Waals surface area contributed by atoms with E-state index < -0.39 is 0 Å². The van der Waals surface area contributed by atoms with Gasteiger partial charge in [0, 0.05) is 24.1 Å². The van der Waals surface area contributed by atoms with Crippen molar-refractivity contribution in [2.45, 2.75) is 20.3 Å². The van der Waals surface area contributed by atoms with Gasteiger partial charge in [0.2, 0.25) is 0 Å². The summed E-state index contributed by atoms with van der Waals surface area (Å²) in [6.45, 7) is 5.14. The fourth-order valence-corrected chi connectivity index (χ4v) is 4.14. The highest BCUT2D eigenvalue weighted by atomic mass is 32.1. The van der Waals surface area contributed by atoms with Gasteiger partial charge in [0.15, 0.2) is 10.9 Å². The molecule has 1 amide bonds. The van der Waals surface area contributed by atoms with Crippen molar-refractivity contribution in [3.8, 4) is 0 Å². The van der Waals surface area contributed by atoms with E-state index >= 15 is 0 Å². The Morgan fingerprint density at radius 3 is 2.36 bits per heavy atom. The lowest BCUT2D eigenvalue weighted by molar-refractivity contribution is -0.858. The van der Waals surface area contributed by atoms with Gasteiger partial charge in [0.05, 0.1) is 30.9 Å². The zero-order valence-corrected chi connectivity index (χ0v) is 17.6. The molecule has 0 radical (unpaired) electrons. The predicted molar refractivity (Wildman–Crippen MR) is 115 cm³/mol. The lowest BCUT2D eigenvalue weighted by atomic mass is 10.1. The van der Waals surface area contributed by atoms with Crippen LogP contribution in [0.5, 0.6) is 0 Å². The first kappa shape index (κ1) is 20.2. The van der Waals surface area contributed by atoms with Crippen LogP contribution in [0.4, 0.5) is 5.13 Å². The number of hydrogen-bond donors (Lipinski definition) is 1. The molecule has 28 heavy (non-hydrogen) atoms. The van der Waals surface area contributed by atoms with Crippen LogP contribution in [0.3, 0.4) is 0 Å². The van der Waals surface area contributed by atoms with Crippen LogP contribution >= 0.6 is 11.3 Å². The number of amides is 1. The van der Waals surface area contributed by atoms with Crippen molar-refractivity contribution in [2.24, 2.45) is 0 Å². The van der Waals surface area contributed by atoms with Gasteiger partial charge in [-0.3, -0.25) is 14.5 Å². The Kier molecular flexibility index (Phi) is 6.21. The third-order valence-electron chi connectivity index (χ3n) is 4.68. The minimum absolute atomic E-state index is 0.00791. The van der Waals surface area contributed by atoms with Crippen molar-refractivity contribution >= 4 is 38.4 Å². The quantitative estimate of drug-likeness (QED) is 0.625. The van der Waals surface area contributed by atoms with Crippen molar-refractivity contribution in [1.82, 2.24) is 4.98 Å². The second kappa shape index (κ2) is 8.63. The largest absolute Gasteiger partial charge is 0.340 e. The number of rotatable bonds is 7. The first-order chi connectivity index (χ1) is 13.4. The molecule has 0 atom stereocenters. The van der Waals surface area contributed by atoms with Crippen molar-refractivity contribution < 1.29 is 14.5 Å². The van der Waals surface area contributed by atoms with Gasteiger partial charge in [-0.05, 0) is 37.6 Å². The minimum atomic E-state index is -0.0828. The van der Waals surface area contributed by atoms with E-state index in [1.54, 1.807) is 40.5 Å². The Labute approximate surface area is 169 Å². The van der Waals surface area contributed by atoms with E-state index in [4.69, 9.17) is 4.98 Å². The molecular weight excluding hydrogens is 370 g/mol. The lowest BCUT2D eigenvalue weighted by Gasteiger charge is -2.20. The van der Waals surface area contributed by atoms with Crippen LogP contribution in [0.25, 0.3) is 10.2 Å². The highest BCUT2D eigenvalue weighted by Crippen LogP contribution is 2.31. The number of aryl methyl sites for hydroxylation is 1. The maximum absolute atomic E-state index is 13.3. The number of ketones is 1. The average molecular weight is 397 g/mol. The van der Waals surface area contributed by atoms with Crippen LogP contribution in [0.15, 0.2) is 42.5 Å². The SMILES string of the molecule is CC(=O)c1ccc(C(=O)N(CCC[NH+](C)C)c2nc3c(C)cccc3s2)cc1. The zero-order chi connectivity index (χ0) is 20.3. The lowest BCUT2D eigenvalue weighted by Crippen LogP contribution is -3.05. The summed E-state index contributed by atoms with van der Waals surface area (Å²) < 4.78 is 1.08. The summed E-state index contributed by atoms with van der Waals surface area (Å²) in [6.07, 6.45) is 0.883. The van der Waals surface area contributed by atoms with Crippen molar-refractivity contribution in [3.05, 3.63) is 59.2 Å². The van der Waals surface area contributed by atoms with Gasteiger partial charge in [-0.15, -0.1) is 0 Å². The molecule has 1 heterocycles. The molecule has 0 aliphatic carbocycles. The first-order valence-electron chi connectivity index (χ1n) is 9.45. The number of carbonyl (C=O) groups is 2. The molecule has 146 valence electrons. The number of para-hydroxylation sites is 1. The smallest absolute Gasteiger partial charge is 0.260 e. The topological polar surface area (TPSA) is 54.7 Å². The molecule has 3 rings (SSSR count). The normalized spacial score (nSPS) is 11.2. The minimum Gasteiger partial charge on any atom is -0.340 e. The summed E-state index contributed by atoms with van der Waals surface area (Å²) in [4.78, 5) is 32.7. The van der Waals surface area contributed by atoms with Gasteiger partial charge in [-0.25, -0.2) is 4.98 Å². The van der Waals surface area contributed by atoms with E-state index in [1.165, 1.54) is 11.8 Å². The number of anilines is 1. The molecule has 0 bridgehead atoms. The highest BCUT2D eigenvalue weighted by Gasteiger charge is 2.22. The highest BCUT2D eigenvalue weighted by molar-refractivity contribution is 7.22. The van der Waals surface area contributed by atoms with Crippen LogP contribution in [0.2, 0.25) is 0 Å². The average Bonchev–Trinajstić information content (AvgIpc) is 3.10. The molecule has 3 aromatic rings. The Balaban J connectivity index is 1.94. The maximum Gasteiger partial charge on any atom is 0.260 e. The van der Waals surface area contributed by atoms with E-state index in [1.807, 2.05) is 25.1 Å². The van der Waals surface area contributed by atoms with Crippen LogP contribution in [-0.4, -0.2) is 43.9 Å². The third-order valence-corrected chi connectivity index (χ3v) is 5.73. The van der Waals surface area contributed by atoms with Gasteiger partial charge < -0.3 is 4.90 Å². The summed E-state index contributed by atoms with van der Waals surface area (Å²) in [6, 6.07) is 13.0. The molecule has 1 N–H and O–H groups in total. The molecular formula is C22H26N3O2S+. The second-order valence-electron chi connectivity index (χ2n) is 7.32. The van der Waals surface area contributed by atoms with Gasteiger partial charge in [0.1, 0.15) is 0 Å². The predicted octanol–water partition coefficient (Wildman–Crippen LogP) is 2.99. The molecule has 0 saturated carbocycles. The number of nitrogens with zero attached hydrogens (tertiary/aromatic N) is 2. The number of quaternary nitrogens is 1. The first-order valence-corrected chi connectivity index (χ1v) is 10.3. The number of nitrogens with one attached hydrogen (secondary N) is 1. The fourth-order valence-electron chi connectivity index (χ4n) is 3.07. The van der Waals surface area contributed by atoms with Crippen molar-refractivity contribution in [3.63, 3.8) is 0 Å². The van der Waals surface area contributed by atoms with Crippen molar-refractivity contribution in [1.29, 1.82) is 0 Å². The molecule has 0 spiro atoms. The zero-order valence-electron chi connectivity index (χ0n) is 16.8. The van der Waals surface area contributed by atoms with Gasteiger partial charge in [-0.2, -0.15) is 0 Å². The summed E-state index contributed by atoms with van der Waals surface area (Å²) >= 11 is 1.54. The number of fused-ring (bicyclic) bond motifs is 1. The van der Waals surface area contributed by atoms with Gasteiger partial charge in [-0.1, -0.05) is 35.6 Å². The third kappa shape index (κ3) is 4.46. The number of carbonyl (C=O) groups excluding carboxylic acids is 2. The standard InChI is InChI=1S/C22H25N3O2S/c1-15-7-5-8-19-20(15)23-22(28-19)25(14-6-13-24(3)4)21(27)18-11-9-17(10-12-18)16(2)26/h5,7-12H,6,13-14H2,1-4H3/p+1. The number of benzene rings is 2. The van der Waals surface area contributed by atoms with Gasteiger partial charge >= 0.3 is 0 Å². The molecule has 6 heteroatoms. The molecule has 0 aliphatic rings. The molecule has 0 fully saturated rings. The van der Waals surface area contributed by atoms with E-state index in [0.717, 1.165) is 33.9 Å². The molecule has 2 aromatic carbocycles. The van der Waals surface area contributed by atoms with Crippen LogP contribution < -0.4 is 9.80 Å². The summed E-state index contributed by atoms with van der Waals surface area (Å²) in [5.41, 5.74) is 3.23. The van der Waals surface area contributed by atoms with Crippen LogP contribution in [-0.2, 0) is 0 Å². The fraction of sp³-hybridized carbons (Fsp3) is 0.318. The Bertz CT molecular complexity index is 993. The van der Waals surface area contributed by atoms with Crippen LogP contribution in [0.1, 0.15) is 39.6 Å². The van der Waals surface area contributed by atoms with Gasteiger partial charge in [0.25, 0.3) is 5.91 Å². The monoisotopic (exact) mass is 396 g/mol. The number of aromatic nitrogens is 1. The van der Waals surface area contributed by atoms with E-state index in [2.05, 4.69) is 14.1 Å². The molecule has 1 aromatic heterocycles. The summed E-state index contributed by atoms with van der Waals surface area (Å²) in [5, 5.41) is 0.721. The Morgan fingerprint density at radius 1 is 1.07 bits per heavy atom. The van der Waals surface area contributed by atoms with E-state index in [0.29, 0.717) is 17.7 Å². The number of Topliss-reactive ketones (excluding diaryl/α,β-unsaturated/α-hetero) is 1. The number of thiazole rings is 1. The Morgan fingerprint density at radius 2 is 1.75 bits per heavy atom. The summed E-state index contributed by atoms with van der Waals surface area (Å²) in [7, 11) is 4.21. The molecule has 0 unspecified atom stereocenters. The molecule has 5 nitrogen and oxygen atoms in total. The van der Waals surface area contributed by atoms with Crippen LogP contribution in [0, 0.1) is 6.92 Å². The van der Waals surface area contributed by atoms with Crippen molar-refractivity contribution in [2.75, 3.05) is 32.1 Å². The second-order valence-corrected chi connectivity index (χ2v) is 8.33. The Hall–Kier alpha value is -2.57. The van der Waals surface area contributed by atoms with E-state index in [9.17, 15) is 9.59 Å². The maximum atomic E-state index is 13.3. The summed E-state index contributed by atoms with van der Waals surface area (Å²) in [5.74, 6) is -0.0907. The van der Waals surface area contributed by atoms with E-state index in [-0.39, 0.29) is 11.7 Å². The molecule has 0 saturated heterocycles. The number of hydrogen-bond acceptors (Lipinski definition) is 4.